The number of hydrogen-bond donors (Lipinski definition) is 0. The van der Waals surface area contributed by atoms with Crippen molar-refractivity contribution in [3.63, 3.8) is 0 Å². The number of para-hydroxylation sites is 1. The van der Waals surface area contributed by atoms with Crippen molar-refractivity contribution in [3.05, 3.63) is 36.3 Å². The molecular weight excluding hydrogens is 284 g/mol. The lowest BCUT2D eigenvalue weighted by atomic mass is 10.2. The molecule has 0 saturated heterocycles. The van der Waals surface area contributed by atoms with Gasteiger partial charge in [0.05, 0.1) is 23.1 Å². The molecule has 0 bridgehead atoms. The van der Waals surface area contributed by atoms with Crippen molar-refractivity contribution in [3.8, 4) is 0 Å². The van der Waals surface area contributed by atoms with Crippen LogP contribution in [0.25, 0.3) is 21.9 Å². The number of hydrogen-bond acceptors (Lipinski definition) is 3. The lowest BCUT2D eigenvalue weighted by Crippen LogP contribution is -2.23. The summed E-state index contributed by atoms with van der Waals surface area (Å²) in [4.78, 5) is 11.3. The zero-order valence-electron chi connectivity index (χ0n) is 12.5. The van der Waals surface area contributed by atoms with Gasteiger partial charge in [-0.05, 0) is 27.1 Å². The van der Waals surface area contributed by atoms with Gasteiger partial charge in [0.1, 0.15) is 11.3 Å². The molecule has 4 nitrogen and oxygen atoms in total. The van der Waals surface area contributed by atoms with Gasteiger partial charge in [-0.15, -0.1) is 11.6 Å². The molecule has 0 aliphatic carbocycles. The molecular formula is C16H19ClN4. The summed E-state index contributed by atoms with van der Waals surface area (Å²) in [6, 6.07) is 8.47. The third kappa shape index (κ3) is 2.49. The average molecular weight is 303 g/mol. The number of benzene rings is 1. The van der Waals surface area contributed by atoms with Crippen LogP contribution in [0.4, 0.5) is 0 Å². The molecule has 2 heterocycles. The molecule has 3 aromatic rings. The standard InChI is InChI=1S/C16H19ClN4/c1-11(10-20(2)3)21-15(8-17)19-14-9-18-13-7-5-4-6-12(13)16(14)21/h4-7,9,11H,8,10H2,1-3H3. The molecule has 0 aliphatic heterocycles. The Bertz CT molecular complexity index is 778. The molecule has 110 valence electrons. The number of imidazole rings is 1. The van der Waals surface area contributed by atoms with E-state index < -0.39 is 0 Å². The van der Waals surface area contributed by atoms with Crippen molar-refractivity contribution in [1.82, 2.24) is 19.4 Å². The van der Waals surface area contributed by atoms with E-state index in [1.54, 1.807) is 0 Å². The molecule has 0 saturated carbocycles. The molecule has 1 unspecified atom stereocenters. The van der Waals surface area contributed by atoms with Crippen molar-refractivity contribution in [2.45, 2.75) is 18.8 Å². The largest absolute Gasteiger partial charge is 0.322 e. The van der Waals surface area contributed by atoms with Crippen LogP contribution in [0.5, 0.6) is 0 Å². The quantitative estimate of drug-likeness (QED) is 0.692. The van der Waals surface area contributed by atoms with E-state index in [0.717, 1.165) is 34.3 Å². The Balaban J connectivity index is 2.31. The summed E-state index contributed by atoms with van der Waals surface area (Å²) < 4.78 is 2.26. The van der Waals surface area contributed by atoms with Gasteiger partial charge in [-0.3, -0.25) is 4.98 Å². The summed E-state index contributed by atoms with van der Waals surface area (Å²) in [5, 5.41) is 1.13. The fourth-order valence-corrected chi connectivity index (χ4v) is 3.14. The average Bonchev–Trinajstić information content (AvgIpc) is 2.85. The third-order valence-corrected chi connectivity index (χ3v) is 3.92. The lowest BCUT2D eigenvalue weighted by Gasteiger charge is -2.21. The SMILES string of the molecule is CC(CN(C)C)n1c(CCl)nc2cnc3ccccc3c21. The lowest BCUT2D eigenvalue weighted by molar-refractivity contribution is 0.338. The van der Waals surface area contributed by atoms with Crippen molar-refractivity contribution >= 4 is 33.5 Å². The van der Waals surface area contributed by atoms with E-state index in [1.807, 2.05) is 24.4 Å². The third-order valence-electron chi connectivity index (χ3n) is 3.69. The topological polar surface area (TPSA) is 34.0 Å². The van der Waals surface area contributed by atoms with E-state index in [-0.39, 0.29) is 0 Å². The number of halogens is 1. The fraction of sp³-hybridized carbons (Fsp3) is 0.375. The first kappa shape index (κ1) is 14.3. The molecule has 1 aromatic carbocycles. The van der Waals surface area contributed by atoms with Gasteiger partial charge in [-0.1, -0.05) is 18.2 Å². The smallest absolute Gasteiger partial charge is 0.125 e. The molecule has 0 fully saturated rings. The number of likely N-dealkylation sites (N-methyl/N-ethyl adjacent to an activating group) is 1. The monoisotopic (exact) mass is 302 g/mol. The number of rotatable bonds is 4. The Morgan fingerprint density at radius 2 is 2.00 bits per heavy atom. The van der Waals surface area contributed by atoms with Gasteiger partial charge < -0.3 is 9.47 Å². The summed E-state index contributed by atoms with van der Waals surface area (Å²) in [7, 11) is 4.16. The van der Waals surface area contributed by atoms with Crippen LogP contribution >= 0.6 is 11.6 Å². The second-order valence-electron chi connectivity index (χ2n) is 5.65. The Hall–Kier alpha value is -1.65. The number of nitrogens with zero attached hydrogens (tertiary/aromatic N) is 4. The van der Waals surface area contributed by atoms with Gasteiger partial charge in [0.15, 0.2) is 0 Å². The number of fused-ring (bicyclic) bond motifs is 3. The van der Waals surface area contributed by atoms with Crippen LogP contribution in [0, 0.1) is 0 Å². The van der Waals surface area contributed by atoms with E-state index in [2.05, 4.69) is 46.5 Å². The van der Waals surface area contributed by atoms with E-state index >= 15 is 0 Å². The van der Waals surface area contributed by atoms with Crippen LogP contribution in [-0.4, -0.2) is 40.1 Å². The molecule has 0 N–H and O–H groups in total. The highest BCUT2D eigenvalue weighted by Gasteiger charge is 2.18. The molecule has 3 rings (SSSR count). The van der Waals surface area contributed by atoms with Gasteiger partial charge in [0.25, 0.3) is 0 Å². The summed E-state index contributed by atoms with van der Waals surface area (Å²) in [5.74, 6) is 1.31. The maximum Gasteiger partial charge on any atom is 0.125 e. The molecule has 0 radical (unpaired) electrons. The Morgan fingerprint density at radius 1 is 1.24 bits per heavy atom. The summed E-state index contributed by atoms with van der Waals surface area (Å²) in [5.41, 5.74) is 3.03. The highest BCUT2D eigenvalue weighted by Crippen LogP contribution is 2.28. The summed E-state index contributed by atoms with van der Waals surface area (Å²) >= 11 is 6.12. The van der Waals surface area contributed by atoms with Crippen molar-refractivity contribution in [2.75, 3.05) is 20.6 Å². The molecule has 21 heavy (non-hydrogen) atoms. The maximum absolute atomic E-state index is 6.12. The predicted octanol–water partition coefficient (Wildman–Crippen LogP) is 3.45. The highest BCUT2D eigenvalue weighted by atomic mass is 35.5. The van der Waals surface area contributed by atoms with Crippen LogP contribution < -0.4 is 0 Å². The fourth-order valence-electron chi connectivity index (χ4n) is 2.95. The van der Waals surface area contributed by atoms with Crippen molar-refractivity contribution < 1.29 is 0 Å². The van der Waals surface area contributed by atoms with Crippen molar-refractivity contribution in [2.24, 2.45) is 0 Å². The van der Waals surface area contributed by atoms with Crippen LogP contribution in [0.2, 0.25) is 0 Å². The maximum atomic E-state index is 6.12. The van der Waals surface area contributed by atoms with E-state index in [1.165, 1.54) is 0 Å². The Kier molecular flexibility index (Phi) is 3.83. The van der Waals surface area contributed by atoms with Crippen LogP contribution in [0.15, 0.2) is 30.5 Å². The molecule has 0 spiro atoms. The van der Waals surface area contributed by atoms with Crippen LogP contribution in [0.1, 0.15) is 18.8 Å². The Labute approximate surface area is 129 Å². The number of aromatic nitrogens is 3. The molecule has 5 heteroatoms. The first-order chi connectivity index (χ1) is 10.1. The minimum Gasteiger partial charge on any atom is -0.322 e. The van der Waals surface area contributed by atoms with Crippen LogP contribution in [-0.2, 0) is 5.88 Å². The number of pyridine rings is 1. The van der Waals surface area contributed by atoms with Crippen LogP contribution in [0.3, 0.4) is 0 Å². The molecule has 0 amide bonds. The zero-order chi connectivity index (χ0) is 15.0. The van der Waals surface area contributed by atoms with E-state index in [9.17, 15) is 0 Å². The number of alkyl halides is 1. The first-order valence-corrected chi connectivity index (χ1v) is 7.60. The summed E-state index contributed by atoms with van der Waals surface area (Å²) in [6.45, 7) is 3.14. The predicted molar refractivity (Wildman–Crippen MR) is 87.9 cm³/mol. The van der Waals surface area contributed by atoms with Gasteiger partial charge >= 0.3 is 0 Å². The van der Waals surface area contributed by atoms with E-state index in [4.69, 9.17) is 11.6 Å². The minimum atomic E-state index is 0.296. The summed E-state index contributed by atoms with van der Waals surface area (Å²) in [6.07, 6.45) is 1.84. The molecule has 0 aliphatic rings. The van der Waals surface area contributed by atoms with Crippen molar-refractivity contribution in [1.29, 1.82) is 0 Å². The van der Waals surface area contributed by atoms with Gasteiger partial charge in [0, 0.05) is 18.0 Å². The van der Waals surface area contributed by atoms with E-state index in [0.29, 0.717) is 11.9 Å². The zero-order valence-corrected chi connectivity index (χ0v) is 13.3. The normalized spacial score (nSPS) is 13.4. The Morgan fingerprint density at radius 3 is 2.71 bits per heavy atom. The van der Waals surface area contributed by atoms with Gasteiger partial charge in [0.2, 0.25) is 0 Å². The van der Waals surface area contributed by atoms with Gasteiger partial charge in [-0.25, -0.2) is 4.98 Å². The second-order valence-corrected chi connectivity index (χ2v) is 5.92. The second kappa shape index (κ2) is 5.62. The molecule has 2 aromatic heterocycles. The first-order valence-electron chi connectivity index (χ1n) is 7.07. The minimum absolute atomic E-state index is 0.296. The van der Waals surface area contributed by atoms with Gasteiger partial charge in [-0.2, -0.15) is 0 Å². The molecule has 1 atom stereocenters. The highest BCUT2D eigenvalue weighted by molar-refractivity contribution is 6.17.